The molecule has 1 unspecified atom stereocenters. The molecule has 2 heterocycles. The molecule has 1 atom stereocenters. The van der Waals surface area contributed by atoms with Crippen molar-refractivity contribution in [3.05, 3.63) is 47.8 Å². The van der Waals surface area contributed by atoms with Gasteiger partial charge in [-0.3, -0.25) is 4.90 Å². The Morgan fingerprint density at radius 1 is 1.21 bits per heavy atom. The number of aromatic nitrogens is 2. The Kier molecular flexibility index (Phi) is 4.54. The van der Waals surface area contributed by atoms with Crippen LogP contribution in [0.5, 0.6) is 0 Å². The predicted octanol–water partition coefficient (Wildman–Crippen LogP) is 3.34. The van der Waals surface area contributed by atoms with E-state index in [1.165, 1.54) is 17.7 Å². The highest BCUT2D eigenvalue weighted by molar-refractivity contribution is 5.34. The van der Waals surface area contributed by atoms with E-state index in [1.54, 1.807) is 0 Å². The molecule has 0 saturated carbocycles. The molecule has 4 heteroatoms. The van der Waals surface area contributed by atoms with Gasteiger partial charge in [0.1, 0.15) is 0 Å². The lowest BCUT2D eigenvalue weighted by Crippen LogP contribution is -2.31. The Bertz CT molecular complexity index is 683. The maximum Gasteiger partial charge on any atom is 0.0727 e. The third-order valence-corrected chi connectivity index (χ3v) is 5.04. The zero-order valence-corrected chi connectivity index (χ0v) is 15.4. The molecule has 4 nitrogen and oxygen atoms in total. The van der Waals surface area contributed by atoms with Crippen molar-refractivity contribution >= 4 is 0 Å². The summed E-state index contributed by atoms with van der Waals surface area (Å²) < 4.78 is 2.02. The summed E-state index contributed by atoms with van der Waals surface area (Å²) in [6.45, 7) is 12.9. The fraction of sp³-hybridized carbons (Fsp3) is 0.550. The highest BCUT2D eigenvalue weighted by Crippen LogP contribution is 2.32. The van der Waals surface area contributed by atoms with Crippen molar-refractivity contribution in [2.24, 2.45) is 11.1 Å². The largest absolute Gasteiger partial charge is 0.330 e. The average Bonchev–Trinajstić information content (AvgIpc) is 3.13. The minimum atomic E-state index is 0.0340. The maximum absolute atomic E-state index is 5.96. The summed E-state index contributed by atoms with van der Waals surface area (Å²) in [4.78, 5) is 2.52. The quantitative estimate of drug-likeness (QED) is 0.937. The molecule has 0 amide bonds. The first-order valence-corrected chi connectivity index (χ1v) is 8.88. The van der Waals surface area contributed by atoms with Gasteiger partial charge in [0.05, 0.1) is 11.4 Å². The number of nitrogens with zero attached hydrogens (tertiary/aromatic N) is 3. The van der Waals surface area contributed by atoms with Crippen molar-refractivity contribution in [2.45, 2.75) is 46.1 Å². The van der Waals surface area contributed by atoms with Crippen LogP contribution in [0.3, 0.4) is 0 Å². The SMILES string of the molecule is CC1(CN)CCN(Cc2cn(-c3ccccc3)nc2C(C)(C)C)C1. The van der Waals surface area contributed by atoms with Crippen molar-refractivity contribution in [3.63, 3.8) is 0 Å². The maximum atomic E-state index is 5.96. The van der Waals surface area contributed by atoms with Gasteiger partial charge in [0.25, 0.3) is 0 Å². The van der Waals surface area contributed by atoms with Crippen LogP contribution in [0, 0.1) is 5.41 Å². The number of nitrogens with two attached hydrogens (primary N) is 1. The molecule has 1 saturated heterocycles. The summed E-state index contributed by atoms with van der Waals surface area (Å²) >= 11 is 0. The molecule has 0 bridgehead atoms. The molecule has 2 N–H and O–H groups in total. The normalized spacial score (nSPS) is 22.2. The lowest BCUT2D eigenvalue weighted by atomic mass is 9.89. The molecule has 3 rings (SSSR count). The Hall–Kier alpha value is -1.65. The van der Waals surface area contributed by atoms with E-state index in [4.69, 9.17) is 10.8 Å². The smallest absolute Gasteiger partial charge is 0.0727 e. The summed E-state index contributed by atoms with van der Waals surface area (Å²) in [6.07, 6.45) is 3.38. The second-order valence-electron chi connectivity index (χ2n) is 8.51. The van der Waals surface area contributed by atoms with Crippen LogP contribution in [0.2, 0.25) is 0 Å². The minimum absolute atomic E-state index is 0.0340. The lowest BCUT2D eigenvalue weighted by Gasteiger charge is -2.24. The molecule has 1 aromatic heterocycles. The number of hydrogen-bond acceptors (Lipinski definition) is 3. The van der Waals surface area contributed by atoms with Gasteiger partial charge in [-0.05, 0) is 37.1 Å². The first-order valence-electron chi connectivity index (χ1n) is 8.88. The van der Waals surface area contributed by atoms with Gasteiger partial charge in [0, 0.05) is 30.3 Å². The zero-order valence-electron chi connectivity index (χ0n) is 15.4. The topological polar surface area (TPSA) is 47.1 Å². The fourth-order valence-corrected chi connectivity index (χ4v) is 3.54. The molecule has 2 aromatic rings. The van der Waals surface area contributed by atoms with E-state index in [2.05, 4.69) is 63.1 Å². The van der Waals surface area contributed by atoms with E-state index in [1.807, 2.05) is 10.7 Å². The molecule has 0 aliphatic carbocycles. The van der Waals surface area contributed by atoms with Crippen molar-refractivity contribution in [1.82, 2.24) is 14.7 Å². The second kappa shape index (κ2) is 6.34. The second-order valence-corrected chi connectivity index (χ2v) is 8.51. The Morgan fingerprint density at radius 2 is 1.92 bits per heavy atom. The third-order valence-electron chi connectivity index (χ3n) is 5.04. The minimum Gasteiger partial charge on any atom is -0.330 e. The Labute approximate surface area is 145 Å². The van der Waals surface area contributed by atoms with E-state index >= 15 is 0 Å². The van der Waals surface area contributed by atoms with Crippen molar-refractivity contribution in [2.75, 3.05) is 19.6 Å². The van der Waals surface area contributed by atoms with Crippen LogP contribution in [-0.4, -0.2) is 34.3 Å². The van der Waals surface area contributed by atoms with Crippen LogP contribution in [-0.2, 0) is 12.0 Å². The lowest BCUT2D eigenvalue weighted by molar-refractivity contribution is 0.273. The van der Waals surface area contributed by atoms with Gasteiger partial charge in [-0.2, -0.15) is 5.10 Å². The number of benzene rings is 1. The summed E-state index contributed by atoms with van der Waals surface area (Å²) in [7, 11) is 0. The standard InChI is InChI=1S/C20H30N4/c1-19(2,3)18-16(12-23-11-10-20(4,14-21)15-23)13-24(22-18)17-8-6-5-7-9-17/h5-9,13H,10-12,14-15,21H2,1-4H3. The van der Waals surface area contributed by atoms with Crippen LogP contribution in [0.4, 0.5) is 0 Å². The molecule has 24 heavy (non-hydrogen) atoms. The van der Waals surface area contributed by atoms with Crippen LogP contribution in [0.15, 0.2) is 36.5 Å². The molecule has 0 spiro atoms. The van der Waals surface area contributed by atoms with Gasteiger partial charge in [-0.1, -0.05) is 45.9 Å². The average molecular weight is 326 g/mol. The molecule has 130 valence electrons. The molecule has 1 aromatic carbocycles. The van der Waals surface area contributed by atoms with Gasteiger partial charge in [0.2, 0.25) is 0 Å². The van der Waals surface area contributed by atoms with Crippen molar-refractivity contribution < 1.29 is 0 Å². The highest BCUT2D eigenvalue weighted by Gasteiger charge is 2.33. The molecular formula is C20H30N4. The zero-order chi connectivity index (χ0) is 17.4. The summed E-state index contributed by atoms with van der Waals surface area (Å²) in [5, 5.41) is 4.92. The van der Waals surface area contributed by atoms with Gasteiger partial charge < -0.3 is 5.73 Å². The molecule has 1 fully saturated rings. The first kappa shape index (κ1) is 17.2. The Morgan fingerprint density at radius 3 is 2.50 bits per heavy atom. The monoisotopic (exact) mass is 326 g/mol. The van der Waals surface area contributed by atoms with Gasteiger partial charge in [-0.25, -0.2) is 4.68 Å². The number of para-hydroxylation sites is 1. The van der Waals surface area contributed by atoms with E-state index in [-0.39, 0.29) is 10.8 Å². The highest BCUT2D eigenvalue weighted by atomic mass is 15.3. The van der Waals surface area contributed by atoms with Crippen LogP contribution < -0.4 is 5.73 Å². The molecular weight excluding hydrogens is 296 g/mol. The predicted molar refractivity (Wildman–Crippen MR) is 99.3 cm³/mol. The van der Waals surface area contributed by atoms with E-state index in [0.717, 1.165) is 31.9 Å². The summed E-state index contributed by atoms with van der Waals surface area (Å²) in [5.74, 6) is 0. The van der Waals surface area contributed by atoms with Crippen LogP contribution in [0.1, 0.15) is 45.4 Å². The van der Waals surface area contributed by atoms with E-state index < -0.39 is 0 Å². The van der Waals surface area contributed by atoms with Crippen molar-refractivity contribution in [3.8, 4) is 5.69 Å². The Balaban J connectivity index is 1.88. The first-order chi connectivity index (χ1) is 11.3. The van der Waals surface area contributed by atoms with Crippen LogP contribution in [0.25, 0.3) is 5.69 Å². The number of likely N-dealkylation sites (tertiary alicyclic amines) is 1. The van der Waals surface area contributed by atoms with Gasteiger partial charge in [0.15, 0.2) is 0 Å². The van der Waals surface area contributed by atoms with E-state index in [9.17, 15) is 0 Å². The van der Waals surface area contributed by atoms with Gasteiger partial charge in [-0.15, -0.1) is 0 Å². The molecule has 1 aliphatic heterocycles. The molecule has 0 radical (unpaired) electrons. The third kappa shape index (κ3) is 3.55. The summed E-state index contributed by atoms with van der Waals surface area (Å²) in [6, 6.07) is 10.4. The van der Waals surface area contributed by atoms with Crippen LogP contribution >= 0.6 is 0 Å². The number of hydrogen-bond donors (Lipinski definition) is 1. The van der Waals surface area contributed by atoms with Gasteiger partial charge >= 0.3 is 0 Å². The van der Waals surface area contributed by atoms with E-state index in [0.29, 0.717) is 0 Å². The number of rotatable bonds is 4. The molecule has 1 aliphatic rings. The fourth-order valence-electron chi connectivity index (χ4n) is 3.54. The summed E-state index contributed by atoms with van der Waals surface area (Å²) in [5.41, 5.74) is 9.88. The van der Waals surface area contributed by atoms with Crippen molar-refractivity contribution in [1.29, 1.82) is 0 Å².